The zero-order chi connectivity index (χ0) is 10.7. The van der Waals surface area contributed by atoms with E-state index in [-0.39, 0.29) is 5.69 Å². The number of halogens is 2. The molecule has 1 unspecified atom stereocenters. The average molecular weight is 217 g/mol. The van der Waals surface area contributed by atoms with E-state index < -0.39 is 22.8 Å². The van der Waals surface area contributed by atoms with Gasteiger partial charge in [0.1, 0.15) is 0 Å². The summed E-state index contributed by atoms with van der Waals surface area (Å²) < 4.78 is 25.7. The molecular weight excluding hydrogens is 208 g/mol. The molecule has 1 aromatic rings. The van der Waals surface area contributed by atoms with Crippen LogP contribution in [0.5, 0.6) is 0 Å². The van der Waals surface area contributed by atoms with Crippen LogP contribution in [-0.4, -0.2) is 11.2 Å². The molecule has 0 aliphatic carbocycles. The van der Waals surface area contributed by atoms with E-state index in [1.165, 1.54) is 19.1 Å². The minimum absolute atomic E-state index is 0.170. The highest BCUT2D eigenvalue weighted by atomic mass is 32.1. The van der Waals surface area contributed by atoms with Gasteiger partial charge in [-0.25, -0.2) is 8.78 Å². The standard InChI is InChI=1S/C9H9F2NOS/c1-5(14)9(13)12-7-4-2-3-6(10)8(7)11/h2-5,14H,1H3,(H,12,13). The van der Waals surface area contributed by atoms with Crippen molar-refractivity contribution in [1.29, 1.82) is 0 Å². The summed E-state index contributed by atoms with van der Waals surface area (Å²) in [6, 6.07) is 3.58. The lowest BCUT2D eigenvalue weighted by molar-refractivity contribution is -0.115. The second kappa shape index (κ2) is 4.41. The molecule has 76 valence electrons. The molecule has 0 heterocycles. The van der Waals surface area contributed by atoms with Crippen LogP contribution >= 0.6 is 12.6 Å². The zero-order valence-corrected chi connectivity index (χ0v) is 8.32. The van der Waals surface area contributed by atoms with Crippen molar-refractivity contribution >= 4 is 24.2 Å². The fourth-order valence-corrected chi connectivity index (χ4v) is 0.902. The van der Waals surface area contributed by atoms with E-state index in [1.54, 1.807) is 0 Å². The van der Waals surface area contributed by atoms with Crippen molar-refractivity contribution < 1.29 is 13.6 Å². The Morgan fingerprint density at radius 1 is 1.50 bits per heavy atom. The predicted octanol–water partition coefficient (Wildman–Crippen LogP) is 2.22. The van der Waals surface area contributed by atoms with Gasteiger partial charge in [0.15, 0.2) is 11.6 Å². The summed E-state index contributed by atoms with van der Waals surface area (Å²) in [5, 5.41) is 1.65. The third kappa shape index (κ3) is 2.45. The SMILES string of the molecule is CC(S)C(=O)Nc1cccc(F)c1F. The van der Waals surface area contributed by atoms with Crippen LogP contribution in [0.4, 0.5) is 14.5 Å². The van der Waals surface area contributed by atoms with Gasteiger partial charge in [0.2, 0.25) is 5.91 Å². The highest BCUT2D eigenvalue weighted by molar-refractivity contribution is 7.81. The number of hydrogen-bond donors (Lipinski definition) is 2. The lowest BCUT2D eigenvalue weighted by atomic mass is 10.3. The summed E-state index contributed by atoms with van der Waals surface area (Å²) in [5.74, 6) is -2.53. The number of amides is 1. The molecule has 1 amide bonds. The van der Waals surface area contributed by atoms with E-state index in [4.69, 9.17) is 0 Å². The molecule has 5 heteroatoms. The second-order valence-corrected chi connectivity index (χ2v) is 3.54. The first-order valence-corrected chi connectivity index (χ1v) is 4.47. The maximum absolute atomic E-state index is 13.0. The third-order valence-corrected chi connectivity index (χ3v) is 1.82. The minimum atomic E-state index is -1.06. The zero-order valence-electron chi connectivity index (χ0n) is 7.42. The molecule has 0 fully saturated rings. The number of benzene rings is 1. The van der Waals surface area contributed by atoms with Crippen molar-refractivity contribution in [3.8, 4) is 0 Å². The topological polar surface area (TPSA) is 29.1 Å². The van der Waals surface area contributed by atoms with E-state index in [0.717, 1.165) is 6.07 Å². The highest BCUT2D eigenvalue weighted by Gasteiger charge is 2.12. The molecule has 0 saturated heterocycles. The van der Waals surface area contributed by atoms with Crippen molar-refractivity contribution in [2.45, 2.75) is 12.2 Å². The minimum Gasteiger partial charge on any atom is -0.323 e. The number of hydrogen-bond acceptors (Lipinski definition) is 2. The number of thiol groups is 1. The second-order valence-electron chi connectivity index (χ2n) is 2.77. The molecule has 1 atom stereocenters. The molecular formula is C9H9F2NOS. The Hall–Kier alpha value is -1.10. The van der Waals surface area contributed by atoms with Crippen LogP contribution < -0.4 is 5.32 Å². The normalized spacial score (nSPS) is 12.3. The van der Waals surface area contributed by atoms with Crippen LogP contribution in [0.15, 0.2) is 18.2 Å². The molecule has 0 spiro atoms. The number of rotatable bonds is 2. The first-order valence-electron chi connectivity index (χ1n) is 3.95. The van der Waals surface area contributed by atoms with Gasteiger partial charge in [-0.2, -0.15) is 12.6 Å². The van der Waals surface area contributed by atoms with Crippen molar-refractivity contribution in [3.63, 3.8) is 0 Å². The maximum atomic E-state index is 13.0. The Labute approximate surface area is 85.7 Å². The molecule has 0 aliphatic heterocycles. The molecule has 0 radical (unpaired) electrons. The van der Waals surface area contributed by atoms with E-state index in [1.807, 2.05) is 0 Å². The molecule has 1 N–H and O–H groups in total. The summed E-state index contributed by atoms with van der Waals surface area (Å²) in [4.78, 5) is 11.1. The number of nitrogens with one attached hydrogen (secondary N) is 1. The summed E-state index contributed by atoms with van der Waals surface area (Å²) in [6.07, 6.45) is 0. The molecule has 0 bridgehead atoms. The Morgan fingerprint density at radius 2 is 2.14 bits per heavy atom. The van der Waals surface area contributed by atoms with Crippen LogP contribution in [0.3, 0.4) is 0 Å². The Bertz CT molecular complexity index is 355. The summed E-state index contributed by atoms with van der Waals surface area (Å²) in [6.45, 7) is 1.54. The first kappa shape index (κ1) is 11.0. The Morgan fingerprint density at radius 3 is 2.71 bits per heavy atom. The fourth-order valence-electron chi connectivity index (χ4n) is 0.838. The predicted molar refractivity (Wildman–Crippen MR) is 53.4 cm³/mol. The molecule has 0 aromatic heterocycles. The maximum Gasteiger partial charge on any atom is 0.237 e. The number of carbonyl (C=O) groups excluding carboxylic acids is 1. The monoisotopic (exact) mass is 217 g/mol. The lowest BCUT2D eigenvalue weighted by Gasteiger charge is -2.07. The fraction of sp³-hybridized carbons (Fsp3) is 0.222. The van der Waals surface area contributed by atoms with E-state index in [0.29, 0.717) is 0 Å². The van der Waals surface area contributed by atoms with Crippen molar-refractivity contribution in [2.75, 3.05) is 5.32 Å². The van der Waals surface area contributed by atoms with Gasteiger partial charge in [0, 0.05) is 0 Å². The average Bonchev–Trinajstić information content (AvgIpc) is 2.12. The Balaban J connectivity index is 2.87. The van der Waals surface area contributed by atoms with Crippen molar-refractivity contribution in [3.05, 3.63) is 29.8 Å². The molecule has 14 heavy (non-hydrogen) atoms. The van der Waals surface area contributed by atoms with Gasteiger partial charge in [-0.3, -0.25) is 4.79 Å². The molecule has 0 aliphatic rings. The first-order chi connectivity index (χ1) is 6.52. The summed E-state index contributed by atoms with van der Waals surface area (Å²) in [7, 11) is 0. The van der Waals surface area contributed by atoms with Crippen molar-refractivity contribution in [2.24, 2.45) is 0 Å². The summed E-state index contributed by atoms with van der Waals surface area (Å²) >= 11 is 3.86. The van der Waals surface area contributed by atoms with Gasteiger partial charge in [-0.05, 0) is 19.1 Å². The molecule has 1 rings (SSSR count). The smallest absolute Gasteiger partial charge is 0.237 e. The van der Waals surface area contributed by atoms with E-state index in [9.17, 15) is 13.6 Å². The van der Waals surface area contributed by atoms with Crippen molar-refractivity contribution in [1.82, 2.24) is 0 Å². The third-order valence-electron chi connectivity index (χ3n) is 1.59. The molecule has 0 saturated carbocycles. The molecule has 2 nitrogen and oxygen atoms in total. The molecule has 1 aromatic carbocycles. The highest BCUT2D eigenvalue weighted by Crippen LogP contribution is 2.16. The number of anilines is 1. The van der Waals surface area contributed by atoms with Gasteiger partial charge in [0.25, 0.3) is 0 Å². The van der Waals surface area contributed by atoms with Crippen LogP contribution in [0.2, 0.25) is 0 Å². The number of carbonyl (C=O) groups is 1. The Kier molecular flexibility index (Phi) is 3.46. The lowest BCUT2D eigenvalue weighted by Crippen LogP contribution is -2.21. The van der Waals surface area contributed by atoms with Crippen LogP contribution in [0, 0.1) is 11.6 Å². The largest absolute Gasteiger partial charge is 0.323 e. The van der Waals surface area contributed by atoms with Gasteiger partial charge >= 0.3 is 0 Å². The summed E-state index contributed by atoms with van der Waals surface area (Å²) in [5.41, 5.74) is -0.170. The van der Waals surface area contributed by atoms with Gasteiger partial charge in [-0.1, -0.05) is 6.07 Å². The quantitative estimate of drug-likeness (QED) is 0.731. The van der Waals surface area contributed by atoms with Crippen LogP contribution in [0.1, 0.15) is 6.92 Å². The van der Waals surface area contributed by atoms with Crippen LogP contribution in [0.25, 0.3) is 0 Å². The van der Waals surface area contributed by atoms with Gasteiger partial charge in [-0.15, -0.1) is 0 Å². The van der Waals surface area contributed by atoms with E-state index >= 15 is 0 Å². The van der Waals surface area contributed by atoms with Gasteiger partial charge in [0.05, 0.1) is 10.9 Å². The van der Waals surface area contributed by atoms with Crippen LogP contribution in [-0.2, 0) is 4.79 Å². The van der Waals surface area contributed by atoms with E-state index in [2.05, 4.69) is 17.9 Å². The van der Waals surface area contributed by atoms with Gasteiger partial charge < -0.3 is 5.32 Å².